The molecule has 0 bridgehead atoms. The molecule has 1 fully saturated rings. The van der Waals surface area contributed by atoms with Gasteiger partial charge in [0.05, 0.1) is 31.7 Å². The zero-order valence-electron chi connectivity index (χ0n) is 18.5. The van der Waals surface area contributed by atoms with Crippen LogP contribution in [-0.4, -0.2) is 84.4 Å². The monoisotopic (exact) mass is 499 g/mol. The molecular formula is C20H21F4N7O4. The van der Waals surface area contributed by atoms with E-state index in [0.29, 0.717) is 6.92 Å². The molecule has 35 heavy (non-hydrogen) atoms. The highest BCUT2D eigenvalue weighted by molar-refractivity contribution is 5.65. The number of rotatable bonds is 5. The first-order chi connectivity index (χ1) is 16.4. The van der Waals surface area contributed by atoms with E-state index in [1.165, 1.54) is 24.7 Å². The number of anilines is 1. The van der Waals surface area contributed by atoms with Gasteiger partial charge in [0, 0.05) is 19.2 Å². The van der Waals surface area contributed by atoms with E-state index in [4.69, 9.17) is 4.74 Å². The van der Waals surface area contributed by atoms with Gasteiger partial charge in [-0.1, -0.05) is 0 Å². The maximum Gasteiger partial charge on any atom is 0.422 e. The van der Waals surface area contributed by atoms with E-state index in [1.807, 2.05) is 0 Å². The van der Waals surface area contributed by atoms with Crippen molar-refractivity contribution >= 4 is 17.6 Å². The lowest BCUT2D eigenvalue weighted by Gasteiger charge is -2.33. The summed E-state index contributed by atoms with van der Waals surface area (Å²) in [5.41, 5.74) is -3.70. The Labute approximate surface area is 195 Å². The molecule has 1 unspecified atom stereocenters. The van der Waals surface area contributed by atoms with Crippen molar-refractivity contribution in [2.45, 2.75) is 37.3 Å². The van der Waals surface area contributed by atoms with Crippen molar-refractivity contribution in [1.29, 1.82) is 0 Å². The number of ether oxygens (including phenoxy) is 1. The number of methoxy groups -OCH3 is 1. The van der Waals surface area contributed by atoms with E-state index in [1.54, 1.807) is 0 Å². The van der Waals surface area contributed by atoms with Crippen molar-refractivity contribution in [1.82, 2.24) is 29.5 Å². The van der Waals surface area contributed by atoms with Crippen LogP contribution in [-0.2, 0) is 5.60 Å². The summed E-state index contributed by atoms with van der Waals surface area (Å²) in [7, 11) is 1.14. The van der Waals surface area contributed by atoms with E-state index in [9.17, 15) is 32.6 Å². The summed E-state index contributed by atoms with van der Waals surface area (Å²) in [5, 5.41) is 26.1. The van der Waals surface area contributed by atoms with Crippen LogP contribution < -0.4 is 10.1 Å². The van der Waals surface area contributed by atoms with Crippen LogP contribution in [0.1, 0.15) is 19.0 Å². The maximum atomic E-state index is 14.4. The van der Waals surface area contributed by atoms with E-state index in [0.717, 1.165) is 16.5 Å². The van der Waals surface area contributed by atoms with E-state index in [-0.39, 0.29) is 48.1 Å². The van der Waals surface area contributed by atoms with Gasteiger partial charge in [-0.2, -0.15) is 18.3 Å². The molecule has 4 heterocycles. The van der Waals surface area contributed by atoms with Crippen molar-refractivity contribution in [3.8, 4) is 17.1 Å². The normalized spacial score (nSPS) is 20.5. The third-order valence-corrected chi connectivity index (χ3v) is 5.72. The van der Waals surface area contributed by atoms with Gasteiger partial charge in [0.25, 0.3) is 0 Å². The lowest BCUT2D eigenvalue weighted by Crippen LogP contribution is -2.50. The summed E-state index contributed by atoms with van der Waals surface area (Å²) >= 11 is 0. The van der Waals surface area contributed by atoms with Crippen LogP contribution in [0.15, 0.2) is 24.7 Å². The summed E-state index contributed by atoms with van der Waals surface area (Å²) < 4.78 is 60.9. The first-order valence-electron chi connectivity index (χ1n) is 10.4. The SMILES string of the molecule is COc1cc2ncc(-c3cncc(N[C@H]4CN(C(=O)O)CC[C@@H]4F)n3)n2nc1C(C)(O)C(F)(F)F. The average molecular weight is 499 g/mol. The van der Waals surface area contributed by atoms with Crippen molar-refractivity contribution in [2.24, 2.45) is 0 Å². The number of amides is 1. The number of carbonyl (C=O) groups is 1. The summed E-state index contributed by atoms with van der Waals surface area (Å²) in [4.78, 5) is 24.8. The predicted molar refractivity (Wildman–Crippen MR) is 113 cm³/mol. The van der Waals surface area contributed by atoms with Crippen LogP contribution in [0.2, 0.25) is 0 Å². The smallest absolute Gasteiger partial charge is 0.422 e. The molecule has 0 aliphatic carbocycles. The third kappa shape index (κ3) is 4.50. The summed E-state index contributed by atoms with van der Waals surface area (Å²) in [6, 6.07) is 0.320. The molecule has 3 N–H and O–H groups in total. The minimum Gasteiger partial charge on any atom is -0.495 e. The predicted octanol–water partition coefficient (Wildman–Crippen LogP) is 2.47. The molecule has 15 heteroatoms. The second-order valence-electron chi connectivity index (χ2n) is 8.12. The number of piperidine rings is 1. The lowest BCUT2D eigenvalue weighted by molar-refractivity contribution is -0.261. The van der Waals surface area contributed by atoms with Crippen LogP contribution in [0.5, 0.6) is 5.75 Å². The quantitative estimate of drug-likeness (QED) is 0.452. The Hall–Kier alpha value is -3.75. The number of alkyl halides is 4. The number of nitrogens with zero attached hydrogens (tertiary/aromatic N) is 6. The van der Waals surface area contributed by atoms with Crippen LogP contribution in [0, 0.1) is 0 Å². The van der Waals surface area contributed by atoms with Crippen molar-refractivity contribution in [2.75, 3.05) is 25.5 Å². The van der Waals surface area contributed by atoms with E-state index < -0.39 is 35.8 Å². The van der Waals surface area contributed by atoms with Crippen LogP contribution >= 0.6 is 0 Å². The number of aliphatic hydroxyl groups is 1. The Morgan fingerprint density at radius 3 is 2.69 bits per heavy atom. The Bertz CT molecular complexity index is 1250. The number of nitrogens with one attached hydrogen (secondary N) is 1. The second-order valence-corrected chi connectivity index (χ2v) is 8.12. The highest BCUT2D eigenvalue weighted by Gasteiger charge is 2.54. The van der Waals surface area contributed by atoms with Gasteiger partial charge < -0.3 is 25.2 Å². The first kappa shape index (κ1) is 24.4. The molecule has 1 saturated heterocycles. The fourth-order valence-electron chi connectivity index (χ4n) is 3.68. The van der Waals surface area contributed by atoms with E-state index >= 15 is 0 Å². The average Bonchev–Trinajstić information content (AvgIpc) is 3.22. The minimum atomic E-state index is -5.04. The van der Waals surface area contributed by atoms with Crippen molar-refractivity contribution in [3.63, 3.8) is 0 Å². The number of hydrogen-bond donors (Lipinski definition) is 3. The highest BCUT2D eigenvalue weighted by atomic mass is 19.4. The van der Waals surface area contributed by atoms with Crippen molar-refractivity contribution < 1.29 is 37.3 Å². The number of imidazole rings is 1. The summed E-state index contributed by atoms with van der Waals surface area (Å²) in [6.45, 7) is 0.527. The fourth-order valence-corrected chi connectivity index (χ4v) is 3.68. The number of hydrogen-bond acceptors (Lipinski definition) is 8. The van der Waals surface area contributed by atoms with Crippen molar-refractivity contribution in [3.05, 3.63) is 30.4 Å². The molecular weight excluding hydrogens is 478 g/mol. The second kappa shape index (κ2) is 8.79. The Morgan fingerprint density at radius 1 is 1.29 bits per heavy atom. The summed E-state index contributed by atoms with van der Waals surface area (Å²) in [5.74, 6) is -0.193. The number of carboxylic acid groups (broad SMARTS) is 1. The van der Waals surface area contributed by atoms with Gasteiger partial charge in [-0.25, -0.2) is 23.7 Å². The van der Waals surface area contributed by atoms with E-state index in [2.05, 4.69) is 25.4 Å². The highest BCUT2D eigenvalue weighted by Crippen LogP contribution is 2.41. The summed E-state index contributed by atoms with van der Waals surface area (Å²) in [6.07, 6.45) is -3.62. The number of fused-ring (bicyclic) bond motifs is 1. The Balaban J connectivity index is 1.70. The molecule has 0 saturated carbocycles. The van der Waals surface area contributed by atoms with Crippen LogP contribution in [0.3, 0.4) is 0 Å². The van der Waals surface area contributed by atoms with Gasteiger partial charge in [-0.3, -0.25) is 4.98 Å². The largest absolute Gasteiger partial charge is 0.495 e. The lowest BCUT2D eigenvalue weighted by atomic mass is 10.0. The molecule has 0 spiro atoms. The third-order valence-electron chi connectivity index (χ3n) is 5.72. The number of aromatic nitrogens is 5. The first-order valence-corrected chi connectivity index (χ1v) is 10.4. The zero-order valence-corrected chi connectivity index (χ0v) is 18.5. The van der Waals surface area contributed by atoms with Crippen LogP contribution in [0.25, 0.3) is 17.0 Å². The zero-order chi connectivity index (χ0) is 25.5. The van der Waals surface area contributed by atoms with Gasteiger partial charge >= 0.3 is 12.3 Å². The van der Waals surface area contributed by atoms with Gasteiger partial charge in [-0.05, 0) is 13.3 Å². The molecule has 4 rings (SSSR count). The molecule has 1 aliphatic heterocycles. The topological polar surface area (TPSA) is 138 Å². The molecule has 3 atom stereocenters. The molecule has 3 aromatic heterocycles. The Morgan fingerprint density at radius 2 is 2.03 bits per heavy atom. The molecule has 1 aliphatic rings. The van der Waals surface area contributed by atoms with Gasteiger partial charge in [0.1, 0.15) is 34.8 Å². The van der Waals surface area contributed by atoms with Crippen LogP contribution in [0.4, 0.5) is 28.2 Å². The standard InChI is InChI=1S/C20H21F4N7O4/c1-19(34,20(22,23)24)17-14(35-2)5-16-26-7-13(31(16)29-17)11-6-25-8-15(27-11)28-12-9-30(18(32)33)4-3-10(12)21/h5-8,10,12,34H,3-4,9H2,1-2H3,(H,27,28)(H,32,33)/t10-,12-,19?/m0/s1. The number of halogens is 4. The molecule has 188 valence electrons. The molecule has 3 aromatic rings. The van der Waals surface area contributed by atoms with Gasteiger partial charge in [0.15, 0.2) is 5.65 Å². The number of likely N-dealkylation sites (tertiary alicyclic amines) is 1. The molecule has 1 amide bonds. The Kier molecular flexibility index (Phi) is 6.12. The van der Waals surface area contributed by atoms with Gasteiger partial charge in [0.2, 0.25) is 5.60 Å². The minimum absolute atomic E-state index is 0.0119. The molecule has 0 radical (unpaired) electrons. The fraction of sp³-hybridized carbons (Fsp3) is 0.450. The maximum absolute atomic E-state index is 14.4. The van der Waals surface area contributed by atoms with Gasteiger partial charge in [-0.15, -0.1) is 0 Å². The molecule has 0 aromatic carbocycles. The molecule has 11 nitrogen and oxygen atoms in total.